The van der Waals surface area contributed by atoms with Gasteiger partial charge in [-0.2, -0.15) is 0 Å². The van der Waals surface area contributed by atoms with Crippen LogP contribution in [0.3, 0.4) is 0 Å². The van der Waals surface area contributed by atoms with E-state index in [9.17, 15) is 5.11 Å². The number of nitrogens with two attached hydrogens (primary N) is 1. The Morgan fingerprint density at radius 2 is 1.97 bits per heavy atom. The summed E-state index contributed by atoms with van der Waals surface area (Å²) in [6, 6.07) is 0. The van der Waals surface area contributed by atoms with Gasteiger partial charge in [0.25, 0.3) is 0 Å². The number of rotatable bonds is 7. The standard InChI is InChI=1S/C27H46N4O2/c1-19(18-31-33-15-5-14-30-24(28)29)16-27(32)13-12-26(3)20(17-27)7-8-21-22-6-4-10-25(22,2)11-9-23(21)26/h16,18,20-23,32H,4-15,17H2,1-3H3,(H4,28,29,30)/t20-,21+,22+,23+,25+,26+,27-/m1/s1. The number of aliphatic hydroxyl groups is 1. The molecule has 0 saturated heterocycles. The van der Waals surface area contributed by atoms with Crippen molar-refractivity contribution in [3.8, 4) is 0 Å². The zero-order valence-corrected chi connectivity index (χ0v) is 21.0. The van der Waals surface area contributed by atoms with Crippen LogP contribution in [0.5, 0.6) is 0 Å². The molecular weight excluding hydrogens is 412 g/mol. The van der Waals surface area contributed by atoms with E-state index < -0.39 is 5.60 Å². The average molecular weight is 459 g/mol. The molecular formula is C27H46N4O2. The van der Waals surface area contributed by atoms with Crippen molar-refractivity contribution < 1.29 is 9.94 Å². The first-order chi connectivity index (χ1) is 15.7. The fraction of sp³-hybridized carbons (Fsp3) is 0.852. The number of hydrogen-bond donors (Lipinski definition) is 4. The van der Waals surface area contributed by atoms with Crippen LogP contribution in [-0.4, -0.2) is 36.0 Å². The lowest BCUT2D eigenvalue weighted by molar-refractivity contribution is -0.135. The van der Waals surface area contributed by atoms with E-state index in [1.54, 1.807) is 6.21 Å². The van der Waals surface area contributed by atoms with Gasteiger partial charge in [-0.05, 0) is 111 Å². The van der Waals surface area contributed by atoms with Crippen molar-refractivity contribution >= 4 is 12.2 Å². The zero-order chi connectivity index (χ0) is 23.7. The van der Waals surface area contributed by atoms with Gasteiger partial charge in [-0.1, -0.05) is 25.4 Å². The third-order valence-electron chi connectivity index (χ3n) is 10.1. The smallest absolute Gasteiger partial charge is 0.185 e. The van der Waals surface area contributed by atoms with E-state index >= 15 is 0 Å². The van der Waals surface area contributed by atoms with Crippen molar-refractivity contribution in [2.24, 2.45) is 45.4 Å². The summed E-state index contributed by atoms with van der Waals surface area (Å²) in [4.78, 5) is 5.31. The predicted molar refractivity (Wildman–Crippen MR) is 134 cm³/mol. The van der Waals surface area contributed by atoms with E-state index in [-0.39, 0.29) is 5.96 Å². The summed E-state index contributed by atoms with van der Waals surface area (Å²) in [5.41, 5.74) is 6.49. The molecule has 7 atom stereocenters. The number of allylic oxidation sites excluding steroid dienone is 1. The highest BCUT2D eigenvalue weighted by molar-refractivity contribution is 5.77. The van der Waals surface area contributed by atoms with E-state index in [0.717, 1.165) is 49.0 Å². The van der Waals surface area contributed by atoms with Gasteiger partial charge in [0.15, 0.2) is 5.96 Å². The molecule has 186 valence electrons. The number of nitrogens with zero attached hydrogens (tertiary/aromatic N) is 1. The molecule has 0 aromatic rings. The van der Waals surface area contributed by atoms with Crippen molar-refractivity contribution in [1.82, 2.24) is 5.32 Å². The summed E-state index contributed by atoms with van der Waals surface area (Å²) in [7, 11) is 0. The zero-order valence-electron chi connectivity index (χ0n) is 21.0. The van der Waals surface area contributed by atoms with Gasteiger partial charge in [0.05, 0.1) is 11.8 Å². The minimum atomic E-state index is -0.727. The van der Waals surface area contributed by atoms with Crippen molar-refractivity contribution in [1.29, 1.82) is 5.41 Å². The van der Waals surface area contributed by atoms with Crippen LogP contribution in [0.15, 0.2) is 16.8 Å². The van der Waals surface area contributed by atoms with Crippen LogP contribution in [0.25, 0.3) is 0 Å². The Bertz CT molecular complexity index is 782. The van der Waals surface area contributed by atoms with E-state index in [1.807, 2.05) is 13.0 Å². The molecule has 0 spiro atoms. The lowest BCUT2D eigenvalue weighted by Crippen LogP contribution is -2.55. The first-order valence-electron chi connectivity index (χ1n) is 13.3. The molecule has 5 N–H and O–H groups in total. The van der Waals surface area contributed by atoms with Crippen LogP contribution >= 0.6 is 0 Å². The van der Waals surface area contributed by atoms with E-state index in [0.29, 0.717) is 29.9 Å². The second-order valence-electron chi connectivity index (χ2n) is 12.2. The van der Waals surface area contributed by atoms with Crippen molar-refractivity contribution in [2.45, 2.75) is 97.0 Å². The number of nitrogens with one attached hydrogen (secondary N) is 2. The molecule has 0 amide bonds. The largest absolute Gasteiger partial charge is 0.396 e. The number of oxime groups is 1. The van der Waals surface area contributed by atoms with Crippen LogP contribution in [-0.2, 0) is 4.84 Å². The quantitative estimate of drug-likeness (QED) is 0.187. The highest BCUT2D eigenvalue weighted by Gasteiger charge is 2.59. The molecule has 0 radical (unpaired) electrons. The lowest BCUT2D eigenvalue weighted by Gasteiger charge is -2.61. The first-order valence-corrected chi connectivity index (χ1v) is 13.3. The molecule has 6 heteroatoms. The van der Waals surface area contributed by atoms with Crippen LogP contribution in [0.1, 0.15) is 91.4 Å². The molecule has 4 fully saturated rings. The van der Waals surface area contributed by atoms with Crippen LogP contribution in [0.4, 0.5) is 0 Å². The van der Waals surface area contributed by atoms with E-state index in [4.69, 9.17) is 16.0 Å². The van der Waals surface area contributed by atoms with Crippen molar-refractivity contribution in [3.05, 3.63) is 11.6 Å². The number of guanidine groups is 1. The SMILES string of the molecule is CC(C=NOCCCNC(=N)N)=C[C@]1(O)CC[C@@]2(C)[C@H](CC[C@H]3[C@@H]4CCC[C@@]4(C)CC[C@@H]32)C1. The second-order valence-corrected chi connectivity index (χ2v) is 12.2. The highest BCUT2D eigenvalue weighted by atomic mass is 16.6. The minimum absolute atomic E-state index is 0.0249. The fourth-order valence-electron chi connectivity index (χ4n) is 8.39. The lowest BCUT2D eigenvalue weighted by atomic mass is 9.44. The van der Waals surface area contributed by atoms with Crippen LogP contribution < -0.4 is 11.1 Å². The molecule has 0 unspecified atom stereocenters. The minimum Gasteiger partial charge on any atom is -0.396 e. The maximum atomic E-state index is 11.5. The molecule has 0 aromatic heterocycles. The number of fused-ring (bicyclic) bond motifs is 5. The van der Waals surface area contributed by atoms with Crippen molar-refractivity contribution in [3.63, 3.8) is 0 Å². The van der Waals surface area contributed by atoms with Gasteiger partial charge in [-0.25, -0.2) is 0 Å². The molecule has 33 heavy (non-hydrogen) atoms. The maximum Gasteiger partial charge on any atom is 0.185 e. The van der Waals surface area contributed by atoms with Gasteiger partial charge in [-0.15, -0.1) is 0 Å². The Morgan fingerprint density at radius 1 is 1.15 bits per heavy atom. The molecule has 6 nitrogen and oxygen atoms in total. The summed E-state index contributed by atoms with van der Waals surface area (Å²) in [5.74, 6) is 3.32. The molecule has 4 aliphatic rings. The van der Waals surface area contributed by atoms with Gasteiger partial charge in [0.1, 0.15) is 6.61 Å². The summed E-state index contributed by atoms with van der Waals surface area (Å²) in [6.45, 7) is 8.21. The molecule has 4 saturated carbocycles. The summed E-state index contributed by atoms with van der Waals surface area (Å²) >= 11 is 0. The monoisotopic (exact) mass is 458 g/mol. The third kappa shape index (κ3) is 5.11. The van der Waals surface area contributed by atoms with Crippen LogP contribution in [0, 0.1) is 39.9 Å². The summed E-state index contributed by atoms with van der Waals surface area (Å²) in [5, 5.41) is 25.4. The van der Waals surface area contributed by atoms with Crippen molar-refractivity contribution in [2.75, 3.05) is 13.2 Å². The van der Waals surface area contributed by atoms with Gasteiger partial charge >= 0.3 is 0 Å². The van der Waals surface area contributed by atoms with E-state index in [2.05, 4.69) is 24.3 Å². The Morgan fingerprint density at radius 3 is 2.76 bits per heavy atom. The Kier molecular flexibility index (Phi) is 7.14. The predicted octanol–water partition coefficient (Wildman–Crippen LogP) is 4.97. The molecule has 0 aromatic carbocycles. The molecule has 0 aliphatic heterocycles. The number of hydrogen-bond acceptors (Lipinski definition) is 4. The maximum absolute atomic E-state index is 11.5. The van der Waals surface area contributed by atoms with E-state index in [1.165, 1.54) is 44.9 Å². The van der Waals surface area contributed by atoms with Crippen LogP contribution in [0.2, 0.25) is 0 Å². The van der Waals surface area contributed by atoms with Gasteiger partial charge in [0.2, 0.25) is 0 Å². The summed E-state index contributed by atoms with van der Waals surface area (Å²) < 4.78 is 0. The average Bonchev–Trinajstić information content (AvgIpc) is 3.15. The Labute approximate surface area is 200 Å². The summed E-state index contributed by atoms with van der Waals surface area (Å²) in [6.07, 6.45) is 17.2. The highest BCUT2D eigenvalue weighted by Crippen LogP contribution is 2.66. The van der Waals surface area contributed by atoms with Gasteiger partial charge in [0, 0.05) is 13.0 Å². The van der Waals surface area contributed by atoms with Gasteiger partial charge < -0.3 is 21.0 Å². The normalized spacial score (nSPS) is 43.0. The molecule has 0 bridgehead atoms. The van der Waals surface area contributed by atoms with Gasteiger partial charge in [-0.3, -0.25) is 5.41 Å². The first kappa shape index (κ1) is 24.6. The third-order valence-corrected chi connectivity index (χ3v) is 10.1. The Hall–Kier alpha value is -1.56. The second kappa shape index (κ2) is 9.59. The molecule has 4 rings (SSSR count). The molecule has 0 heterocycles. The topological polar surface area (TPSA) is 104 Å². The Balaban J connectivity index is 1.33. The molecule has 4 aliphatic carbocycles. The fourth-order valence-corrected chi connectivity index (χ4v) is 8.39.